The van der Waals surface area contributed by atoms with E-state index in [0.717, 1.165) is 4.31 Å². The third-order valence-electron chi connectivity index (χ3n) is 3.78. The van der Waals surface area contributed by atoms with Gasteiger partial charge in [0.15, 0.2) is 0 Å². The van der Waals surface area contributed by atoms with Gasteiger partial charge in [0.2, 0.25) is 10.0 Å². The van der Waals surface area contributed by atoms with Gasteiger partial charge in [0.1, 0.15) is 17.5 Å². The Hall–Kier alpha value is -1.62. The van der Waals surface area contributed by atoms with Gasteiger partial charge in [-0.15, -0.1) is 0 Å². The Balaban J connectivity index is 1.99. The first-order valence-corrected chi connectivity index (χ1v) is 9.61. The van der Waals surface area contributed by atoms with Crippen molar-refractivity contribution in [3.05, 3.63) is 11.9 Å². The molecule has 0 unspecified atom stereocenters. The van der Waals surface area contributed by atoms with Crippen LogP contribution in [0.2, 0.25) is 0 Å². The van der Waals surface area contributed by atoms with Crippen LogP contribution in [-0.2, 0) is 10.0 Å². The first-order valence-electron chi connectivity index (χ1n) is 8.00. The number of sulfonamides is 1. The minimum atomic E-state index is -4.48. The summed E-state index contributed by atoms with van der Waals surface area (Å²) in [5.41, 5.74) is 0. The number of nitrogens with one attached hydrogen (secondary N) is 1. The molecular weight excluding hydrogens is 359 g/mol. The first kappa shape index (κ1) is 19.7. The number of piperazine rings is 1. The van der Waals surface area contributed by atoms with Crippen molar-refractivity contribution in [3.63, 3.8) is 0 Å². The highest BCUT2D eigenvalue weighted by Crippen LogP contribution is 2.23. The summed E-state index contributed by atoms with van der Waals surface area (Å²) in [6, 6.07) is 1.78. The van der Waals surface area contributed by atoms with Gasteiger partial charge < -0.3 is 10.2 Å². The Morgan fingerprint density at radius 1 is 1.20 bits per heavy atom. The zero-order chi connectivity index (χ0) is 18.7. The summed E-state index contributed by atoms with van der Waals surface area (Å²) in [7, 11) is -3.91. The Labute approximate surface area is 145 Å². The average molecular weight is 381 g/mol. The number of hydrogen-bond acceptors (Lipinski definition) is 6. The molecule has 1 aromatic heterocycles. The molecule has 0 aliphatic carbocycles. The maximum absolute atomic E-state index is 12.3. The number of aryl methyl sites for hydroxylation is 1. The summed E-state index contributed by atoms with van der Waals surface area (Å²) in [5, 5.41) is 3.10. The maximum Gasteiger partial charge on any atom is 0.390 e. The average Bonchev–Trinajstić information content (AvgIpc) is 2.52. The minimum Gasteiger partial charge on any atom is -0.370 e. The zero-order valence-electron chi connectivity index (χ0n) is 14.2. The molecule has 2 heterocycles. The van der Waals surface area contributed by atoms with Crippen LogP contribution in [0.4, 0.5) is 24.8 Å². The molecule has 25 heavy (non-hydrogen) atoms. The SMILES string of the molecule is CCNc1cc(N2CCN(S(=O)(=O)CCC(F)(F)F)CC2)nc(C)n1. The Morgan fingerprint density at radius 2 is 1.84 bits per heavy atom. The van der Waals surface area contributed by atoms with Crippen molar-refractivity contribution in [2.45, 2.75) is 26.4 Å². The highest BCUT2D eigenvalue weighted by molar-refractivity contribution is 7.89. The molecule has 0 radical (unpaired) electrons. The summed E-state index contributed by atoms with van der Waals surface area (Å²) < 4.78 is 62.0. The molecule has 0 atom stereocenters. The van der Waals surface area contributed by atoms with E-state index < -0.39 is 28.4 Å². The van der Waals surface area contributed by atoms with Crippen molar-refractivity contribution >= 4 is 21.7 Å². The highest BCUT2D eigenvalue weighted by atomic mass is 32.2. The van der Waals surface area contributed by atoms with Gasteiger partial charge in [-0.1, -0.05) is 0 Å². The normalized spacial score (nSPS) is 16.9. The number of halogens is 3. The molecule has 0 bridgehead atoms. The van der Waals surface area contributed by atoms with Crippen LogP contribution in [0.25, 0.3) is 0 Å². The smallest absolute Gasteiger partial charge is 0.370 e. The number of alkyl halides is 3. The number of anilines is 2. The van der Waals surface area contributed by atoms with Gasteiger partial charge in [-0.05, 0) is 13.8 Å². The summed E-state index contributed by atoms with van der Waals surface area (Å²) >= 11 is 0. The van der Waals surface area contributed by atoms with Crippen LogP contribution in [0.1, 0.15) is 19.2 Å². The third kappa shape index (κ3) is 5.70. The predicted molar refractivity (Wildman–Crippen MR) is 89.2 cm³/mol. The van der Waals surface area contributed by atoms with Crippen molar-refractivity contribution in [1.29, 1.82) is 0 Å². The molecule has 0 amide bonds. The lowest BCUT2D eigenvalue weighted by Crippen LogP contribution is -2.49. The first-order chi connectivity index (χ1) is 11.6. The molecular formula is C14H22F3N5O2S. The number of hydrogen-bond donors (Lipinski definition) is 1. The van der Waals surface area contributed by atoms with Crippen LogP contribution in [0.15, 0.2) is 6.07 Å². The molecule has 1 N–H and O–H groups in total. The van der Waals surface area contributed by atoms with Crippen LogP contribution in [-0.4, -0.2) is 67.3 Å². The van der Waals surface area contributed by atoms with Crippen LogP contribution < -0.4 is 10.2 Å². The molecule has 1 aliphatic rings. The molecule has 11 heteroatoms. The quantitative estimate of drug-likeness (QED) is 0.807. The van der Waals surface area contributed by atoms with Crippen LogP contribution in [0.5, 0.6) is 0 Å². The van der Waals surface area contributed by atoms with E-state index in [9.17, 15) is 21.6 Å². The van der Waals surface area contributed by atoms with Gasteiger partial charge in [0, 0.05) is 38.8 Å². The molecule has 0 aromatic carbocycles. The van der Waals surface area contributed by atoms with Gasteiger partial charge in [0.05, 0.1) is 12.2 Å². The molecule has 1 aliphatic heterocycles. The van der Waals surface area contributed by atoms with Crippen molar-refractivity contribution in [2.24, 2.45) is 0 Å². The van der Waals surface area contributed by atoms with E-state index in [2.05, 4.69) is 15.3 Å². The van der Waals surface area contributed by atoms with E-state index in [4.69, 9.17) is 0 Å². The molecule has 1 fully saturated rings. The summed E-state index contributed by atoms with van der Waals surface area (Å²) in [4.78, 5) is 10.5. The number of nitrogens with zero attached hydrogens (tertiary/aromatic N) is 4. The van der Waals surface area contributed by atoms with Gasteiger partial charge >= 0.3 is 6.18 Å². The molecule has 0 saturated carbocycles. The van der Waals surface area contributed by atoms with Crippen molar-refractivity contribution in [1.82, 2.24) is 14.3 Å². The second kappa shape index (κ2) is 7.73. The van der Waals surface area contributed by atoms with E-state index in [-0.39, 0.29) is 13.1 Å². The topological polar surface area (TPSA) is 78.4 Å². The van der Waals surface area contributed by atoms with Gasteiger partial charge in [-0.3, -0.25) is 0 Å². The fourth-order valence-corrected chi connectivity index (χ4v) is 4.02. The molecule has 1 saturated heterocycles. The van der Waals surface area contributed by atoms with E-state index in [1.54, 1.807) is 13.0 Å². The minimum absolute atomic E-state index is 0.139. The second-order valence-electron chi connectivity index (χ2n) is 5.76. The Kier molecular flexibility index (Phi) is 6.09. The number of rotatable bonds is 6. The molecule has 1 aromatic rings. The van der Waals surface area contributed by atoms with Crippen molar-refractivity contribution in [3.8, 4) is 0 Å². The number of aromatic nitrogens is 2. The zero-order valence-corrected chi connectivity index (χ0v) is 15.0. The molecule has 0 spiro atoms. The maximum atomic E-state index is 12.3. The summed E-state index contributed by atoms with van der Waals surface area (Å²) in [6.45, 7) is 5.44. The van der Waals surface area contributed by atoms with E-state index >= 15 is 0 Å². The monoisotopic (exact) mass is 381 g/mol. The Bertz CT molecular complexity index is 688. The van der Waals surface area contributed by atoms with Crippen LogP contribution in [0.3, 0.4) is 0 Å². The van der Waals surface area contributed by atoms with Gasteiger partial charge in [-0.2, -0.15) is 17.5 Å². The Morgan fingerprint density at radius 3 is 2.40 bits per heavy atom. The van der Waals surface area contributed by atoms with E-state index in [1.165, 1.54) is 0 Å². The van der Waals surface area contributed by atoms with Crippen molar-refractivity contribution < 1.29 is 21.6 Å². The lowest BCUT2D eigenvalue weighted by molar-refractivity contribution is -0.130. The lowest BCUT2D eigenvalue weighted by atomic mass is 10.3. The predicted octanol–water partition coefficient (Wildman–Crippen LogP) is 1.62. The summed E-state index contributed by atoms with van der Waals surface area (Å²) in [5.74, 6) is 1.04. The van der Waals surface area contributed by atoms with Crippen LogP contribution in [0, 0.1) is 6.92 Å². The largest absolute Gasteiger partial charge is 0.390 e. The molecule has 142 valence electrons. The lowest BCUT2D eigenvalue weighted by Gasteiger charge is -2.34. The highest BCUT2D eigenvalue weighted by Gasteiger charge is 2.33. The van der Waals surface area contributed by atoms with Crippen molar-refractivity contribution in [2.75, 3.05) is 48.7 Å². The fraction of sp³-hybridized carbons (Fsp3) is 0.714. The second-order valence-corrected chi connectivity index (χ2v) is 7.84. The van der Waals surface area contributed by atoms with Gasteiger partial charge in [-0.25, -0.2) is 18.4 Å². The molecule has 2 rings (SSSR count). The van der Waals surface area contributed by atoms with E-state index in [1.807, 2.05) is 11.8 Å². The molecule has 7 nitrogen and oxygen atoms in total. The standard InChI is InChI=1S/C14H22F3N5O2S/c1-3-18-12-10-13(20-11(2)19-12)21-5-7-22(8-6-21)25(23,24)9-4-14(15,16)17/h10H,3-9H2,1-2H3,(H,18,19,20). The fourth-order valence-electron chi connectivity index (χ4n) is 2.55. The van der Waals surface area contributed by atoms with E-state index in [0.29, 0.717) is 37.1 Å². The van der Waals surface area contributed by atoms with Gasteiger partial charge in [0.25, 0.3) is 0 Å². The van der Waals surface area contributed by atoms with Crippen LogP contribution >= 0.6 is 0 Å². The summed E-state index contributed by atoms with van der Waals surface area (Å²) in [6.07, 6.45) is -5.80. The third-order valence-corrected chi connectivity index (χ3v) is 5.65.